The number of allylic oxidation sites excluding steroid dienone is 4. The summed E-state index contributed by atoms with van der Waals surface area (Å²) in [6.45, 7) is 7.70. The molecule has 0 aromatic carbocycles. The van der Waals surface area contributed by atoms with Gasteiger partial charge in [0.15, 0.2) is 0 Å². The molecule has 0 rings (SSSR count). The van der Waals surface area contributed by atoms with Gasteiger partial charge in [-0.15, -0.1) is 0 Å². The van der Waals surface area contributed by atoms with Crippen LogP contribution in [0.3, 0.4) is 0 Å². The minimum absolute atomic E-state index is 0.432. The first-order valence-electron chi connectivity index (χ1n) is 5.33. The lowest BCUT2D eigenvalue weighted by Crippen LogP contribution is -2.05. The Kier molecular flexibility index (Phi) is 7.33. The van der Waals surface area contributed by atoms with Crippen molar-refractivity contribution in [3.63, 3.8) is 0 Å². The van der Waals surface area contributed by atoms with Crippen molar-refractivity contribution in [2.75, 3.05) is 0 Å². The van der Waals surface area contributed by atoms with Crippen LogP contribution in [0.15, 0.2) is 36.5 Å². The molecule has 0 aliphatic heterocycles. The summed E-state index contributed by atoms with van der Waals surface area (Å²) < 4.78 is 0. The minimum Gasteiger partial charge on any atom is -0.481 e. The molecule has 0 aliphatic carbocycles. The number of aliphatic carboxylic acids is 1. The van der Waals surface area contributed by atoms with Gasteiger partial charge in [-0.05, 0) is 19.8 Å². The molecule has 1 N–H and O–H groups in total. The molecule has 1 atom stereocenters. The van der Waals surface area contributed by atoms with Crippen LogP contribution < -0.4 is 0 Å². The third kappa shape index (κ3) is 7.74. The molecule has 0 heterocycles. The average Bonchev–Trinajstić information content (AvgIpc) is 2.20. The molecule has 2 nitrogen and oxygen atoms in total. The molecule has 0 aliphatic rings. The van der Waals surface area contributed by atoms with Crippen molar-refractivity contribution in [1.29, 1.82) is 0 Å². The van der Waals surface area contributed by atoms with Gasteiger partial charge in [-0.2, -0.15) is 0 Å². The number of rotatable bonds is 7. The summed E-state index contributed by atoms with van der Waals surface area (Å²) in [7, 11) is 0. The molecule has 0 saturated heterocycles. The molecule has 84 valence electrons. The van der Waals surface area contributed by atoms with Crippen LogP contribution in [0, 0.1) is 5.92 Å². The molecule has 0 radical (unpaired) electrons. The first-order valence-corrected chi connectivity index (χ1v) is 5.33. The fraction of sp³-hybridized carbons (Fsp3) is 0.462. The van der Waals surface area contributed by atoms with E-state index in [9.17, 15) is 4.79 Å². The Morgan fingerprint density at radius 2 is 2.13 bits per heavy atom. The molecule has 0 saturated carbocycles. The second-order valence-corrected chi connectivity index (χ2v) is 3.63. The fourth-order valence-electron chi connectivity index (χ4n) is 0.992. The van der Waals surface area contributed by atoms with Crippen molar-refractivity contribution < 1.29 is 9.90 Å². The summed E-state index contributed by atoms with van der Waals surface area (Å²) in [6, 6.07) is 0. The molecular formula is C13H20O2. The summed E-state index contributed by atoms with van der Waals surface area (Å²) in [5.41, 5.74) is 1.09. The highest BCUT2D eigenvalue weighted by atomic mass is 16.4. The quantitative estimate of drug-likeness (QED) is 0.649. The van der Waals surface area contributed by atoms with E-state index in [-0.39, 0.29) is 0 Å². The van der Waals surface area contributed by atoms with Gasteiger partial charge < -0.3 is 5.11 Å². The summed E-state index contributed by atoms with van der Waals surface area (Å²) in [4.78, 5) is 10.5. The highest BCUT2D eigenvalue weighted by Crippen LogP contribution is 2.06. The van der Waals surface area contributed by atoms with Crippen LogP contribution in [0.5, 0.6) is 0 Å². The van der Waals surface area contributed by atoms with E-state index < -0.39 is 11.9 Å². The van der Waals surface area contributed by atoms with Crippen molar-refractivity contribution in [3.05, 3.63) is 36.5 Å². The van der Waals surface area contributed by atoms with Gasteiger partial charge in [-0.1, -0.05) is 49.8 Å². The van der Waals surface area contributed by atoms with Crippen molar-refractivity contribution in [3.8, 4) is 0 Å². The van der Waals surface area contributed by atoms with Gasteiger partial charge in [0, 0.05) is 0 Å². The second-order valence-electron chi connectivity index (χ2n) is 3.63. The van der Waals surface area contributed by atoms with E-state index in [1.54, 1.807) is 19.1 Å². The van der Waals surface area contributed by atoms with Crippen LogP contribution >= 0.6 is 0 Å². The zero-order chi connectivity index (χ0) is 11.7. The number of hydrogen-bond acceptors (Lipinski definition) is 1. The van der Waals surface area contributed by atoms with Crippen LogP contribution in [-0.2, 0) is 4.79 Å². The third-order valence-corrected chi connectivity index (χ3v) is 2.08. The summed E-state index contributed by atoms with van der Waals surface area (Å²) >= 11 is 0. The van der Waals surface area contributed by atoms with Crippen molar-refractivity contribution in [2.45, 2.75) is 33.1 Å². The Hall–Kier alpha value is -1.31. The maximum Gasteiger partial charge on any atom is 0.310 e. The van der Waals surface area contributed by atoms with E-state index in [0.717, 1.165) is 18.4 Å². The zero-order valence-corrected chi connectivity index (χ0v) is 9.57. The second kappa shape index (κ2) is 8.04. The van der Waals surface area contributed by atoms with Crippen LogP contribution in [0.1, 0.15) is 33.1 Å². The van der Waals surface area contributed by atoms with Gasteiger partial charge >= 0.3 is 5.97 Å². The monoisotopic (exact) mass is 208 g/mol. The summed E-state index contributed by atoms with van der Waals surface area (Å²) in [6.07, 6.45) is 10.5. The van der Waals surface area contributed by atoms with Crippen LogP contribution in [-0.4, -0.2) is 11.1 Å². The predicted molar refractivity (Wildman–Crippen MR) is 63.7 cm³/mol. The number of carbonyl (C=O) groups is 1. The van der Waals surface area contributed by atoms with Gasteiger partial charge in [0.1, 0.15) is 0 Å². The van der Waals surface area contributed by atoms with E-state index in [1.807, 2.05) is 12.2 Å². The maximum atomic E-state index is 10.5. The molecule has 0 aromatic heterocycles. The number of unbranched alkanes of at least 4 members (excludes halogenated alkanes) is 1. The van der Waals surface area contributed by atoms with Gasteiger partial charge in [-0.25, -0.2) is 0 Å². The van der Waals surface area contributed by atoms with Crippen LogP contribution in [0.25, 0.3) is 0 Å². The highest BCUT2D eigenvalue weighted by Gasteiger charge is 2.03. The number of carboxylic acids is 1. The topological polar surface area (TPSA) is 37.3 Å². The molecule has 0 fully saturated rings. The van der Waals surface area contributed by atoms with Crippen LogP contribution in [0.2, 0.25) is 0 Å². The van der Waals surface area contributed by atoms with E-state index in [1.165, 1.54) is 6.42 Å². The number of hydrogen-bond donors (Lipinski definition) is 1. The third-order valence-electron chi connectivity index (χ3n) is 2.08. The predicted octanol–water partition coefficient (Wildman–Crippen LogP) is 3.57. The summed E-state index contributed by atoms with van der Waals surface area (Å²) in [5, 5.41) is 8.61. The Morgan fingerprint density at radius 1 is 1.47 bits per heavy atom. The average molecular weight is 208 g/mol. The maximum absolute atomic E-state index is 10.5. The Labute approximate surface area is 92.0 Å². The fourth-order valence-corrected chi connectivity index (χ4v) is 0.992. The minimum atomic E-state index is -0.801. The molecule has 1 unspecified atom stereocenters. The molecule has 2 heteroatoms. The molecule has 0 amide bonds. The first kappa shape index (κ1) is 13.7. The van der Waals surface area contributed by atoms with Gasteiger partial charge in [0.2, 0.25) is 0 Å². The van der Waals surface area contributed by atoms with Gasteiger partial charge in [0.25, 0.3) is 0 Å². The molecular weight excluding hydrogens is 188 g/mol. The van der Waals surface area contributed by atoms with E-state index in [0.29, 0.717) is 0 Å². The van der Waals surface area contributed by atoms with Gasteiger partial charge in [0.05, 0.1) is 5.92 Å². The first-order chi connectivity index (χ1) is 7.07. The SMILES string of the molecule is C=C(/C=C\C=C/C(C)C(=O)O)CCCC. The Bertz CT molecular complexity index is 262. The zero-order valence-electron chi connectivity index (χ0n) is 9.57. The lowest BCUT2D eigenvalue weighted by Gasteiger charge is -1.96. The lowest BCUT2D eigenvalue weighted by atomic mass is 10.1. The standard InChI is InChI=1S/C13H20O2/c1-4-5-8-11(2)9-6-7-10-12(3)13(14)15/h6-7,9-10,12H,2,4-5,8H2,1,3H3,(H,14,15)/b9-6-,10-7-. The van der Waals surface area contributed by atoms with Crippen molar-refractivity contribution in [1.82, 2.24) is 0 Å². The van der Waals surface area contributed by atoms with Crippen LogP contribution in [0.4, 0.5) is 0 Å². The smallest absolute Gasteiger partial charge is 0.310 e. The van der Waals surface area contributed by atoms with E-state index in [4.69, 9.17) is 5.11 Å². The molecule has 0 aromatic rings. The lowest BCUT2D eigenvalue weighted by molar-refractivity contribution is -0.139. The highest BCUT2D eigenvalue weighted by molar-refractivity contribution is 5.71. The van der Waals surface area contributed by atoms with Gasteiger partial charge in [-0.3, -0.25) is 4.79 Å². The molecule has 15 heavy (non-hydrogen) atoms. The van der Waals surface area contributed by atoms with Crippen molar-refractivity contribution in [2.24, 2.45) is 5.92 Å². The van der Waals surface area contributed by atoms with E-state index >= 15 is 0 Å². The molecule has 0 bridgehead atoms. The summed E-state index contributed by atoms with van der Waals surface area (Å²) in [5.74, 6) is -1.23. The van der Waals surface area contributed by atoms with E-state index in [2.05, 4.69) is 13.5 Å². The largest absolute Gasteiger partial charge is 0.481 e. The Balaban J connectivity index is 3.88. The van der Waals surface area contributed by atoms with Crippen molar-refractivity contribution >= 4 is 5.97 Å². The molecule has 0 spiro atoms. The normalized spacial score (nSPS) is 13.5. The number of carboxylic acid groups (broad SMARTS) is 1. The Morgan fingerprint density at radius 3 is 2.67 bits per heavy atom.